The van der Waals surface area contributed by atoms with E-state index in [0.29, 0.717) is 13.1 Å². The molecule has 0 spiro atoms. The molecule has 0 heterocycles. The number of rotatable bonds is 6. The van der Waals surface area contributed by atoms with E-state index >= 15 is 0 Å². The molecule has 0 bridgehead atoms. The molecule has 0 aliphatic heterocycles. The summed E-state index contributed by atoms with van der Waals surface area (Å²) in [4.78, 5) is 13.4. The van der Waals surface area contributed by atoms with E-state index in [1.165, 1.54) is 0 Å². The van der Waals surface area contributed by atoms with E-state index in [4.69, 9.17) is 23.2 Å². The van der Waals surface area contributed by atoms with Gasteiger partial charge >= 0.3 is 5.24 Å². The first kappa shape index (κ1) is 16.2. The maximum Gasteiger partial charge on any atom is 0.313 e. The molecule has 1 amide bonds. The lowest BCUT2D eigenvalue weighted by atomic mass is 10.4. The second-order valence-corrected chi connectivity index (χ2v) is 6.45. The van der Waals surface area contributed by atoms with Crippen LogP contribution in [0.5, 0.6) is 0 Å². The number of alkyl halides is 2. The third-order valence-electron chi connectivity index (χ3n) is 1.98. The normalized spacial score (nSPS) is 16.6. The first-order valence-electron chi connectivity index (χ1n) is 5.43. The third-order valence-corrected chi connectivity index (χ3v) is 4.80. The number of carbonyl (C=O) groups is 1. The minimum absolute atomic E-state index is 0.406. The van der Waals surface area contributed by atoms with Gasteiger partial charge in [0.1, 0.15) is 15.5 Å². The SMILES string of the molecule is CCCN(CCC)C(=O)S(=O)C(Cl)[C@H](C)Cl. The van der Waals surface area contributed by atoms with Crippen LogP contribution in [0.25, 0.3) is 0 Å². The Kier molecular flexibility index (Phi) is 8.42. The highest BCUT2D eigenvalue weighted by Gasteiger charge is 2.28. The van der Waals surface area contributed by atoms with Gasteiger partial charge in [-0.05, 0) is 19.8 Å². The molecule has 3 nitrogen and oxygen atoms in total. The molecule has 2 unspecified atom stereocenters. The van der Waals surface area contributed by atoms with Gasteiger partial charge in [-0.3, -0.25) is 4.79 Å². The standard InChI is InChI=1S/C10H19Cl2NO2S/c1-4-6-13(7-5-2)10(14)16(15)9(12)8(3)11/h8-9H,4-7H2,1-3H3/t8-,9?,16?/m0/s1. The molecule has 0 aromatic heterocycles. The maximum absolute atomic E-state index is 11.9. The predicted octanol–water partition coefficient (Wildman–Crippen LogP) is 3.17. The van der Waals surface area contributed by atoms with Gasteiger partial charge in [-0.15, -0.1) is 23.2 Å². The van der Waals surface area contributed by atoms with Crippen molar-refractivity contribution < 1.29 is 9.00 Å². The van der Waals surface area contributed by atoms with Crippen LogP contribution in [0.4, 0.5) is 4.79 Å². The van der Waals surface area contributed by atoms with Crippen LogP contribution in [0.2, 0.25) is 0 Å². The fourth-order valence-corrected chi connectivity index (χ4v) is 2.71. The van der Waals surface area contributed by atoms with Crippen molar-refractivity contribution in [2.24, 2.45) is 0 Å². The molecule has 0 fully saturated rings. The van der Waals surface area contributed by atoms with E-state index in [1.54, 1.807) is 11.8 Å². The summed E-state index contributed by atoms with van der Waals surface area (Å²) in [5.41, 5.74) is 0. The van der Waals surface area contributed by atoms with Crippen LogP contribution in [-0.4, -0.2) is 37.5 Å². The second kappa shape index (κ2) is 8.31. The summed E-state index contributed by atoms with van der Waals surface area (Å²) in [7, 11) is -1.75. The molecule has 0 aromatic carbocycles. The first-order chi connectivity index (χ1) is 7.45. The highest BCUT2D eigenvalue weighted by atomic mass is 35.5. The molecule has 0 rings (SSSR count). The van der Waals surface area contributed by atoms with Gasteiger partial charge in [0.25, 0.3) is 0 Å². The molecule has 0 aliphatic rings. The fourth-order valence-electron chi connectivity index (χ4n) is 1.23. The molecule has 16 heavy (non-hydrogen) atoms. The Morgan fingerprint density at radius 3 is 2.00 bits per heavy atom. The monoisotopic (exact) mass is 287 g/mol. The van der Waals surface area contributed by atoms with Crippen LogP contribution >= 0.6 is 23.2 Å². The summed E-state index contributed by atoms with van der Waals surface area (Å²) in [6, 6.07) is 0. The number of amides is 1. The van der Waals surface area contributed by atoms with Crippen LogP contribution in [0, 0.1) is 0 Å². The van der Waals surface area contributed by atoms with Crippen molar-refractivity contribution in [3.8, 4) is 0 Å². The number of hydrogen-bond donors (Lipinski definition) is 0. The van der Waals surface area contributed by atoms with E-state index < -0.39 is 26.1 Å². The molecule has 96 valence electrons. The van der Waals surface area contributed by atoms with Crippen molar-refractivity contribution in [2.75, 3.05) is 13.1 Å². The van der Waals surface area contributed by atoms with Gasteiger partial charge in [0.15, 0.2) is 0 Å². The number of hydrogen-bond acceptors (Lipinski definition) is 2. The Hall–Kier alpha value is 0.200. The van der Waals surface area contributed by atoms with Gasteiger partial charge in [-0.2, -0.15) is 0 Å². The van der Waals surface area contributed by atoms with Crippen LogP contribution in [0.3, 0.4) is 0 Å². The van der Waals surface area contributed by atoms with Crippen molar-refractivity contribution in [1.82, 2.24) is 4.90 Å². The Labute approximate surface area is 110 Å². The molecule has 0 radical (unpaired) electrons. The quantitative estimate of drug-likeness (QED) is 0.704. The minimum Gasteiger partial charge on any atom is -0.332 e. The van der Waals surface area contributed by atoms with Crippen molar-refractivity contribution in [3.05, 3.63) is 0 Å². The zero-order valence-electron chi connectivity index (χ0n) is 9.91. The van der Waals surface area contributed by atoms with Gasteiger partial charge in [-0.25, -0.2) is 4.21 Å². The largest absolute Gasteiger partial charge is 0.332 e. The third kappa shape index (κ3) is 5.02. The fraction of sp³-hybridized carbons (Fsp3) is 0.900. The Bertz CT molecular complexity index is 243. The van der Waals surface area contributed by atoms with Gasteiger partial charge in [0, 0.05) is 13.1 Å². The average Bonchev–Trinajstić information content (AvgIpc) is 2.25. The van der Waals surface area contributed by atoms with E-state index in [9.17, 15) is 9.00 Å². The van der Waals surface area contributed by atoms with E-state index in [2.05, 4.69) is 0 Å². The van der Waals surface area contributed by atoms with Gasteiger partial charge in [-0.1, -0.05) is 13.8 Å². The highest BCUT2D eigenvalue weighted by molar-refractivity contribution is 8.01. The average molecular weight is 288 g/mol. The highest BCUT2D eigenvalue weighted by Crippen LogP contribution is 2.16. The lowest BCUT2D eigenvalue weighted by Crippen LogP contribution is -2.38. The summed E-state index contributed by atoms with van der Waals surface area (Å²) in [5.74, 6) is 0. The van der Waals surface area contributed by atoms with Crippen LogP contribution < -0.4 is 0 Å². The summed E-state index contributed by atoms with van der Waals surface area (Å²) < 4.78 is 11.0. The predicted molar refractivity (Wildman–Crippen MR) is 70.6 cm³/mol. The number of halogens is 2. The van der Waals surface area contributed by atoms with Crippen LogP contribution in [0.1, 0.15) is 33.6 Å². The van der Waals surface area contributed by atoms with Crippen LogP contribution in [-0.2, 0) is 10.8 Å². The first-order valence-corrected chi connectivity index (χ1v) is 7.51. The lowest BCUT2D eigenvalue weighted by Gasteiger charge is -2.22. The smallest absolute Gasteiger partial charge is 0.313 e. The topological polar surface area (TPSA) is 37.4 Å². The molecular weight excluding hydrogens is 269 g/mol. The summed E-state index contributed by atoms with van der Waals surface area (Å²) >= 11 is 11.6. The molecule has 0 saturated heterocycles. The van der Waals surface area contributed by atoms with Crippen molar-refractivity contribution >= 4 is 39.2 Å². The van der Waals surface area contributed by atoms with Gasteiger partial charge < -0.3 is 4.90 Å². The number of nitrogens with zero attached hydrogens (tertiary/aromatic N) is 1. The molecule has 0 aromatic rings. The molecule has 0 aliphatic carbocycles. The summed E-state index contributed by atoms with van der Waals surface area (Å²) in [6.07, 6.45) is 1.68. The van der Waals surface area contributed by atoms with Gasteiger partial charge in [0.05, 0.1) is 5.38 Å². The summed E-state index contributed by atoms with van der Waals surface area (Å²) in [5, 5.41) is -0.896. The Morgan fingerprint density at radius 1 is 1.25 bits per heavy atom. The molecular formula is C10H19Cl2NO2S. The van der Waals surface area contributed by atoms with Crippen LogP contribution in [0.15, 0.2) is 0 Å². The Morgan fingerprint density at radius 2 is 1.69 bits per heavy atom. The lowest BCUT2D eigenvalue weighted by molar-refractivity contribution is 0.221. The maximum atomic E-state index is 11.9. The van der Waals surface area contributed by atoms with Crippen molar-refractivity contribution in [3.63, 3.8) is 0 Å². The zero-order valence-corrected chi connectivity index (χ0v) is 12.2. The Balaban J connectivity index is 4.53. The van der Waals surface area contributed by atoms with Crippen molar-refractivity contribution in [2.45, 2.75) is 43.7 Å². The van der Waals surface area contributed by atoms with Gasteiger partial charge in [0.2, 0.25) is 0 Å². The molecule has 6 heteroatoms. The minimum atomic E-state index is -1.75. The number of carbonyl (C=O) groups excluding carboxylic acids is 1. The molecule has 3 atom stereocenters. The van der Waals surface area contributed by atoms with E-state index in [-0.39, 0.29) is 0 Å². The van der Waals surface area contributed by atoms with E-state index in [0.717, 1.165) is 12.8 Å². The van der Waals surface area contributed by atoms with E-state index in [1.807, 2.05) is 13.8 Å². The summed E-state index contributed by atoms with van der Waals surface area (Å²) in [6.45, 7) is 6.80. The molecule has 0 N–H and O–H groups in total. The van der Waals surface area contributed by atoms with Crippen molar-refractivity contribution in [1.29, 1.82) is 0 Å². The second-order valence-electron chi connectivity index (χ2n) is 3.58. The zero-order chi connectivity index (χ0) is 12.7. The molecule has 0 saturated carbocycles.